The molecule has 4 heteroatoms. The number of fused-ring (bicyclic) bond motifs is 10. The Morgan fingerprint density at radius 1 is 0.522 bits per heavy atom. The summed E-state index contributed by atoms with van der Waals surface area (Å²) in [4.78, 5) is 5.41. The second-order valence-electron chi connectivity index (χ2n) is 24.3. The zero-order valence-electron chi connectivity index (χ0n) is 41.8. The molecule has 0 radical (unpaired) electrons. The molecule has 336 valence electrons. The number of furan rings is 1. The van der Waals surface area contributed by atoms with Crippen LogP contribution in [0.1, 0.15) is 135 Å². The van der Waals surface area contributed by atoms with Crippen LogP contribution >= 0.6 is 0 Å². The van der Waals surface area contributed by atoms with Crippen molar-refractivity contribution in [3.63, 3.8) is 0 Å². The van der Waals surface area contributed by atoms with E-state index in [1.54, 1.807) is 0 Å². The molecule has 0 atom stereocenters. The van der Waals surface area contributed by atoms with E-state index in [1.165, 1.54) is 120 Å². The largest absolute Gasteiger partial charge is 0.456 e. The second kappa shape index (κ2) is 14.0. The van der Waals surface area contributed by atoms with Gasteiger partial charge in [0.1, 0.15) is 11.2 Å². The molecular weight excluding hydrogens is 812 g/mol. The molecule has 0 saturated heterocycles. The lowest BCUT2D eigenvalue weighted by molar-refractivity contribution is 0.332. The van der Waals surface area contributed by atoms with Crippen LogP contribution in [0.15, 0.2) is 132 Å². The Balaban J connectivity index is 1.24. The predicted molar refractivity (Wildman–Crippen MR) is 287 cm³/mol. The number of aryl methyl sites for hydroxylation is 1. The highest BCUT2D eigenvalue weighted by Gasteiger charge is 2.48. The van der Waals surface area contributed by atoms with Crippen molar-refractivity contribution >= 4 is 68.1 Å². The Bertz CT molecular complexity index is 3380. The smallest absolute Gasteiger partial charge is 0.333 e. The molecule has 0 unspecified atom stereocenters. The lowest BCUT2D eigenvalue weighted by Crippen LogP contribution is -2.61. The minimum absolute atomic E-state index is 0.0446. The Morgan fingerprint density at radius 2 is 1.15 bits per heavy atom. The monoisotopic (exact) mass is 877 g/mol. The van der Waals surface area contributed by atoms with Crippen LogP contribution < -0.4 is 20.6 Å². The molecule has 7 aromatic carbocycles. The van der Waals surface area contributed by atoms with E-state index in [4.69, 9.17) is 4.42 Å². The molecule has 8 aromatic rings. The molecule has 4 aliphatic rings. The molecule has 0 spiro atoms. The van der Waals surface area contributed by atoms with Crippen molar-refractivity contribution in [3.8, 4) is 22.3 Å². The van der Waals surface area contributed by atoms with Gasteiger partial charge in [-0.05, 0) is 169 Å². The summed E-state index contributed by atoms with van der Waals surface area (Å²) in [7, 11) is 0. The van der Waals surface area contributed by atoms with Gasteiger partial charge in [-0.2, -0.15) is 0 Å². The van der Waals surface area contributed by atoms with Gasteiger partial charge < -0.3 is 14.1 Å². The highest BCUT2D eigenvalue weighted by atomic mass is 16.3. The molecule has 0 fully saturated rings. The SMILES string of the molecule is Cc1cc2c(cc1N1c3ccc(-c4ccccc4)cc3B3c4c(cc(C(C)(C)C)cc41)-c1c(ccc4oc5ccccc5c14)N3c1ccc3c(c1)C(C)(C)CCC3(C)C)C(C)(C)CCC2(C)C. The van der Waals surface area contributed by atoms with Crippen LogP contribution in [-0.4, -0.2) is 6.85 Å². The van der Waals surface area contributed by atoms with Gasteiger partial charge in [-0.3, -0.25) is 0 Å². The third-order valence-electron chi connectivity index (χ3n) is 17.0. The highest BCUT2D eigenvalue weighted by molar-refractivity contribution is 6.93. The quantitative estimate of drug-likeness (QED) is 0.165. The van der Waals surface area contributed by atoms with Crippen LogP contribution in [0.5, 0.6) is 0 Å². The lowest BCUT2D eigenvalue weighted by Gasteiger charge is -2.48. The molecule has 2 aliphatic heterocycles. The summed E-state index contributed by atoms with van der Waals surface area (Å²) in [5.74, 6) is 0. The van der Waals surface area contributed by atoms with E-state index in [2.05, 4.69) is 220 Å². The first-order valence-electron chi connectivity index (χ1n) is 25.0. The van der Waals surface area contributed by atoms with Crippen LogP contribution in [0.25, 0.3) is 44.2 Å². The van der Waals surface area contributed by atoms with Gasteiger partial charge >= 0.3 is 6.85 Å². The maximum atomic E-state index is 6.78. The van der Waals surface area contributed by atoms with Gasteiger partial charge in [0.15, 0.2) is 0 Å². The van der Waals surface area contributed by atoms with Crippen LogP contribution in [0, 0.1) is 6.92 Å². The van der Waals surface area contributed by atoms with E-state index in [9.17, 15) is 0 Å². The van der Waals surface area contributed by atoms with Gasteiger partial charge in [-0.1, -0.05) is 155 Å². The summed E-state index contributed by atoms with van der Waals surface area (Å²) >= 11 is 0. The summed E-state index contributed by atoms with van der Waals surface area (Å²) in [6, 6.07) is 49.3. The predicted octanol–water partition coefficient (Wildman–Crippen LogP) is 16.3. The molecule has 0 saturated carbocycles. The molecule has 2 aliphatic carbocycles. The van der Waals surface area contributed by atoms with Crippen LogP contribution in [0.2, 0.25) is 0 Å². The molecular formula is C63H65BN2O. The summed E-state index contributed by atoms with van der Waals surface area (Å²) in [6.07, 6.45) is 4.70. The summed E-state index contributed by atoms with van der Waals surface area (Å²) in [5, 5.41) is 2.35. The van der Waals surface area contributed by atoms with Crippen LogP contribution in [0.3, 0.4) is 0 Å². The van der Waals surface area contributed by atoms with Crippen molar-refractivity contribution in [3.05, 3.63) is 161 Å². The Morgan fingerprint density at radius 3 is 1.85 bits per heavy atom. The fourth-order valence-electron chi connectivity index (χ4n) is 12.7. The highest BCUT2D eigenvalue weighted by Crippen LogP contribution is 2.55. The first-order valence-corrected chi connectivity index (χ1v) is 25.0. The van der Waals surface area contributed by atoms with Crippen molar-refractivity contribution < 1.29 is 4.42 Å². The van der Waals surface area contributed by atoms with Crippen LogP contribution in [0.4, 0.5) is 28.4 Å². The minimum Gasteiger partial charge on any atom is -0.456 e. The van der Waals surface area contributed by atoms with E-state index in [-0.39, 0.29) is 33.9 Å². The Kier molecular flexibility index (Phi) is 8.87. The average Bonchev–Trinajstić information content (AvgIpc) is 3.68. The van der Waals surface area contributed by atoms with Gasteiger partial charge in [-0.15, -0.1) is 0 Å². The normalized spacial score (nSPS) is 18.3. The van der Waals surface area contributed by atoms with Crippen molar-refractivity contribution in [1.82, 2.24) is 0 Å². The van der Waals surface area contributed by atoms with Crippen LogP contribution in [-0.2, 0) is 27.1 Å². The maximum Gasteiger partial charge on any atom is 0.333 e. The number of nitrogens with zero attached hydrogens (tertiary/aromatic N) is 2. The van der Waals surface area contributed by atoms with Crippen molar-refractivity contribution in [2.24, 2.45) is 0 Å². The first kappa shape index (κ1) is 42.4. The third-order valence-corrected chi connectivity index (χ3v) is 17.0. The zero-order valence-corrected chi connectivity index (χ0v) is 41.8. The van der Waals surface area contributed by atoms with Crippen molar-refractivity contribution in [2.45, 2.75) is 136 Å². The fourth-order valence-corrected chi connectivity index (χ4v) is 12.7. The van der Waals surface area contributed by atoms with Gasteiger partial charge in [0.2, 0.25) is 0 Å². The fraction of sp³-hybridized carbons (Fsp3) is 0.333. The number of rotatable bonds is 3. The molecule has 0 N–H and O–H groups in total. The zero-order chi connectivity index (χ0) is 46.7. The number of anilines is 5. The summed E-state index contributed by atoms with van der Waals surface area (Å²) in [5.41, 5.74) is 24.5. The molecule has 0 amide bonds. The molecule has 0 bridgehead atoms. The number of hydrogen-bond acceptors (Lipinski definition) is 3. The Hall–Kier alpha value is -6.00. The van der Waals surface area contributed by atoms with Crippen molar-refractivity contribution in [2.75, 3.05) is 9.71 Å². The summed E-state index contributed by atoms with van der Waals surface area (Å²) in [6.45, 7) is 29.0. The minimum atomic E-state index is -0.123. The topological polar surface area (TPSA) is 19.6 Å². The van der Waals surface area contributed by atoms with Gasteiger partial charge in [0.25, 0.3) is 0 Å². The molecule has 12 rings (SSSR count). The number of hydrogen-bond donors (Lipinski definition) is 0. The van der Waals surface area contributed by atoms with Gasteiger partial charge in [0, 0.05) is 44.8 Å². The molecule has 1 aromatic heterocycles. The Labute approximate surface area is 399 Å². The van der Waals surface area contributed by atoms with E-state index in [1.807, 2.05) is 0 Å². The lowest BCUT2D eigenvalue weighted by atomic mass is 9.43. The average molecular weight is 877 g/mol. The van der Waals surface area contributed by atoms with Gasteiger partial charge in [0.05, 0.1) is 0 Å². The standard InChI is InChI=1S/C63H65BN2O/c1-38-32-46-48(63(11,12)31-30-61(46,7)8)37-52(38)65-50-25-22-40(39-18-14-13-15-19-39)33-49(50)64-58-44(34-41(35-53(58)65)59(2,3)4)56-51(26-27-55-57(56)43-20-16-17-21-54(43)67-55)66(64)42-23-24-45-47(36-42)62(9,10)29-28-60(45,5)6/h13-27,32-37H,28-31H2,1-12H3. The van der Waals surface area contributed by atoms with E-state index >= 15 is 0 Å². The third kappa shape index (κ3) is 6.23. The molecule has 67 heavy (non-hydrogen) atoms. The molecule has 3 nitrogen and oxygen atoms in total. The maximum absolute atomic E-state index is 6.78. The van der Waals surface area contributed by atoms with Gasteiger partial charge in [-0.25, -0.2) is 0 Å². The number of benzene rings is 7. The van der Waals surface area contributed by atoms with Crippen molar-refractivity contribution in [1.29, 1.82) is 0 Å². The van der Waals surface area contributed by atoms with E-state index < -0.39 is 0 Å². The summed E-state index contributed by atoms with van der Waals surface area (Å²) < 4.78 is 6.78. The van der Waals surface area contributed by atoms with E-state index in [0.717, 1.165) is 23.0 Å². The second-order valence-corrected chi connectivity index (χ2v) is 24.3. The molecule has 3 heterocycles. The van der Waals surface area contributed by atoms with E-state index in [0.29, 0.717) is 0 Å². The first-order chi connectivity index (χ1) is 31.7. The number of para-hydroxylation sites is 1.